The monoisotopic (exact) mass is 331 g/mol. The zero-order chi connectivity index (χ0) is 16.4. The molecule has 0 spiro atoms. The fraction of sp³-hybridized carbons (Fsp3) is 0.214. The molecule has 1 N–H and O–H groups in total. The van der Waals surface area contributed by atoms with Crippen molar-refractivity contribution in [3.8, 4) is 22.0 Å². The zero-order valence-electron chi connectivity index (χ0n) is 12.4. The Balaban J connectivity index is 2.05. The van der Waals surface area contributed by atoms with Crippen LogP contribution in [0.2, 0.25) is 0 Å². The maximum Gasteiger partial charge on any atom is 0.347 e. The summed E-state index contributed by atoms with van der Waals surface area (Å²) in [5, 5.41) is 20.8. The van der Waals surface area contributed by atoms with Gasteiger partial charge >= 0.3 is 5.97 Å². The van der Waals surface area contributed by atoms with Crippen LogP contribution in [-0.2, 0) is 0 Å². The van der Waals surface area contributed by atoms with Crippen molar-refractivity contribution >= 4 is 17.3 Å². The van der Waals surface area contributed by atoms with Crippen LogP contribution in [0.25, 0.3) is 16.3 Å². The number of hydrogen-bond acceptors (Lipinski definition) is 7. The molecule has 0 unspecified atom stereocenters. The van der Waals surface area contributed by atoms with E-state index in [4.69, 9.17) is 9.84 Å². The largest absolute Gasteiger partial charge is 0.489 e. The summed E-state index contributed by atoms with van der Waals surface area (Å²) in [6.45, 7) is 3.86. The Morgan fingerprint density at radius 2 is 2.22 bits per heavy atom. The quantitative estimate of drug-likeness (QED) is 0.765. The number of nitrogens with zero attached hydrogens (tertiary/aromatic N) is 5. The Hall–Kier alpha value is -2.81. The number of ether oxygens (including phenoxy) is 1. The molecule has 8 nitrogen and oxygen atoms in total. The van der Waals surface area contributed by atoms with E-state index in [0.717, 1.165) is 16.9 Å². The number of tetrazole rings is 1. The van der Waals surface area contributed by atoms with Gasteiger partial charge < -0.3 is 9.84 Å². The Bertz CT molecular complexity index is 829. The Kier molecular flexibility index (Phi) is 4.02. The third-order valence-electron chi connectivity index (χ3n) is 2.88. The van der Waals surface area contributed by atoms with Crippen LogP contribution in [0.4, 0.5) is 0 Å². The van der Waals surface area contributed by atoms with E-state index in [1.807, 2.05) is 26.0 Å². The van der Waals surface area contributed by atoms with Crippen LogP contribution >= 0.6 is 11.3 Å². The standard InChI is InChI=1S/C14H13N5O3S/c1-8(2)22-11-4-3-9(5-10(11)19-7-16-17-18-19)13-15-6-12(23-13)14(20)21/h3-8H,1-2H3,(H,20,21). The predicted octanol–water partition coefficient (Wildman–Crippen LogP) is 2.27. The first-order chi connectivity index (χ1) is 11.0. The van der Waals surface area contributed by atoms with E-state index in [1.54, 1.807) is 6.07 Å². The summed E-state index contributed by atoms with van der Waals surface area (Å²) < 4.78 is 7.27. The third-order valence-corrected chi connectivity index (χ3v) is 3.92. The minimum Gasteiger partial charge on any atom is -0.489 e. The van der Waals surface area contributed by atoms with E-state index in [2.05, 4.69) is 20.5 Å². The third kappa shape index (κ3) is 3.19. The Morgan fingerprint density at radius 3 is 2.83 bits per heavy atom. The minimum absolute atomic E-state index is 0.00504. The van der Waals surface area contributed by atoms with Gasteiger partial charge in [-0.15, -0.1) is 16.4 Å². The first-order valence-corrected chi connectivity index (χ1v) is 7.60. The molecule has 0 aliphatic rings. The zero-order valence-corrected chi connectivity index (χ0v) is 13.2. The van der Waals surface area contributed by atoms with Crippen molar-refractivity contribution in [1.82, 2.24) is 25.2 Å². The molecule has 0 amide bonds. The molecule has 0 fully saturated rings. The molecule has 23 heavy (non-hydrogen) atoms. The molecule has 0 saturated heterocycles. The second kappa shape index (κ2) is 6.13. The molecular formula is C14H13N5O3S. The lowest BCUT2D eigenvalue weighted by Crippen LogP contribution is -2.09. The van der Waals surface area contributed by atoms with E-state index >= 15 is 0 Å². The van der Waals surface area contributed by atoms with Gasteiger partial charge in [-0.3, -0.25) is 0 Å². The van der Waals surface area contributed by atoms with Crippen molar-refractivity contribution in [2.75, 3.05) is 0 Å². The number of carboxylic acid groups (broad SMARTS) is 1. The molecule has 0 bridgehead atoms. The van der Waals surface area contributed by atoms with Gasteiger partial charge in [0.05, 0.1) is 12.3 Å². The summed E-state index contributed by atoms with van der Waals surface area (Å²) in [6, 6.07) is 5.45. The van der Waals surface area contributed by atoms with E-state index in [9.17, 15) is 4.79 Å². The Morgan fingerprint density at radius 1 is 1.39 bits per heavy atom. The molecule has 0 atom stereocenters. The number of aromatic nitrogens is 5. The van der Waals surface area contributed by atoms with Crippen LogP contribution < -0.4 is 4.74 Å². The molecule has 3 rings (SSSR count). The topological polar surface area (TPSA) is 103 Å². The molecule has 2 aromatic heterocycles. The van der Waals surface area contributed by atoms with Gasteiger partial charge in [0.1, 0.15) is 27.6 Å². The summed E-state index contributed by atoms with van der Waals surface area (Å²) in [4.78, 5) is 15.3. The van der Waals surface area contributed by atoms with Crippen molar-refractivity contribution in [3.63, 3.8) is 0 Å². The first-order valence-electron chi connectivity index (χ1n) is 6.78. The number of rotatable bonds is 5. The summed E-state index contributed by atoms with van der Waals surface area (Å²) in [5.74, 6) is -0.361. The normalized spacial score (nSPS) is 10.9. The fourth-order valence-electron chi connectivity index (χ4n) is 1.96. The van der Waals surface area contributed by atoms with Gasteiger partial charge in [-0.1, -0.05) is 0 Å². The van der Waals surface area contributed by atoms with Gasteiger partial charge in [0.15, 0.2) is 0 Å². The van der Waals surface area contributed by atoms with E-state index in [1.165, 1.54) is 17.2 Å². The lowest BCUT2D eigenvalue weighted by atomic mass is 10.2. The molecule has 0 aliphatic heterocycles. The SMILES string of the molecule is CC(C)Oc1ccc(-c2ncc(C(=O)O)s2)cc1-n1cnnn1. The van der Waals surface area contributed by atoms with Gasteiger partial charge in [0.2, 0.25) is 0 Å². The average molecular weight is 331 g/mol. The molecule has 0 radical (unpaired) electrons. The fourth-order valence-corrected chi connectivity index (χ4v) is 2.71. The van der Waals surface area contributed by atoms with E-state index < -0.39 is 5.97 Å². The van der Waals surface area contributed by atoms with Crippen LogP contribution in [0.3, 0.4) is 0 Å². The number of benzene rings is 1. The van der Waals surface area contributed by atoms with Gasteiger partial charge in [-0.2, -0.15) is 4.68 Å². The van der Waals surface area contributed by atoms with Crippen molar-refractivity contribution in [3.05, 3.63) is 35.6 Å². The second-order valence-electron chi connectivity index (χ2n) is 4.94. The van der Waals surface area contributed by atoms with Crippen molar-refractivity contribution in [1.29, 1.82) is 0 Å². The smallest absolute Gasteiger partial charge is 0.347 e. The van der Waals surface area contributed by atoms with Gasteiger partial charge in [0, 0.05) is 5.56 Å². The van der Waals surface area contributed by atoms with Crippen LogP contribution in [0.15, 0.2) is 30.7 Å². The van der Waals surface area contributed by atoms with E-state index in [0.29, 0.717) is 16.4 Å². The van der Waals surface area contributed by atoms with Crippen LogP contribution in [-0.4, -0.2) is 42.4 Å². The maximum absolute atomic E-state index is 11.0. The maximum atomic E-state index is 11.0. The highest BCUT2D eigenvalue weighted by atomic mass is 32.1. The van der Waals surface area contributed by atoms with Crippen molar-refractivity contribution < 1.29 is 14.6 Å². The highest BCUT2D eigenvalue weighted by Gasteiger charge is 2.14. The minimum atomic E-state index is -0.991. The molecule has 1 aromatic carbocycles. The highest BCUT2D eigenvalue weighted by Crippen LogP contribution is 2.31. The number of thiazole rings is 1. The van der Waals surface area contributed by atoms with E-state index in [-0.39, 0.29) is 11.0 Å². The van der Waals surface area contributed by atoms with Crippen molar-refractivity contribution in [2.45, 2.75) is 20.0 Å². The summed E-state index contributed by atoms with van der Waals surface area (Å²) in [5.41, 5.74) is 1.43. The highest BCUT2D eigenvalue weighted by molar-refractivity contribution is 7.16. The van der Waals surface area contributed by atoms with Gasteiger partial charge in [-0.25, -0.2) is 9.78 Å². The molecule has 118 valence electrons. The number of aromatic carboxylic acids is 1. The molecule has 2 heterocycles. The number of carbonyl (C=O) groups is 1. The molecule has 0 aliphatic carbocycles. The van der Waals surface area contributed by atoms with Gasteiger partial charge in [0.25, 0.3) is 0 Å². The molecular weight excluding hydrogens is 318 g/mol. The van der Waals surface area contributed by atoms with Crippen LogP contribution in [0, 0.1) is 0 Å². The Labute approximate surface area is 135 Å². The number of hydrogen-bond donors (Lipinski definition) is 1. The van der Waals surface area contributed by atoms with Crippen molar-refractivity contribution in [2.24, 2.45) is 0 Å². The first kappa shape index (κ1) is 15.1. The van der Waals surface area contributed by atoms with Gasteiger partial charge in [-0.05, 0) is 42.5 Å². The van der Waals surface area contributed by atoms with Crippen LogP contribution in [0.1, 0.15) is 23.5 Å². The second-order valence-corrected chi connectivity index (χ2v) is 5.97. The predicted molar refractivity (Wildman–Crippen MR) is 83.0 cm³/mol. The summed E-state index contributed by atoms with van der Waals surface area (Å²) >= 11 is 1.11. The summed E-state index contributed by atoms with van der Waals surface area (Å²) in [7, 11) is 0. The average Bonchev–Trinajstić information content (AvgIpc) is 3.19. The summed E-state index contributed by atoms with van der Waals surface area (Å²) in [6.07, 6.45) is 2.81. The molecule has 3 aromatic rings. The molecule has 0 saturated carbocycles. The lowest BCUT2D eigenvalue weighted by molar-refractivity contribution is 0.0702. The lowest BCUT2D eigenvalue weighted by Gasteiger charge is -2.14. The molecule has 9 heteroatoms. The van der Waals surface area contributed by atoms with Crippen LogP contribution in [0.5, 0.6) is 5.75 Å². The number of carboxylic acids is 1.